The van der Waals surface area contributed by atoms with Gasteiger partial charge in [0.05, 0.1) is 25.6 Å². The molecule has 0 N–H and O–H groups in total. The van der Waals surface area contributed by atoms with Crippen LogP contribution in [0.4, 0.5) is 0 Å². The van der Waals surface area contributed by atoms with E-state index in [0.29, 0.717) is 13.2 Å². The lowest BCUT2D eigenvalue weighted by molar-refractivity contribution is -0.164. The van der Waals surface area contributed by atoms with Crippen LogP contribution in [0.2, 0.25) is 18.1 Å². The van der Waals surface area contributed by atoms with E-state index in [-0.39, 0.29) is 28.9 Å². The summed E-state index contributed by atoms with van der Waals surface area (Å²) in [6.45, 7) is 15.3. The Morgan fingerprint density at radius 1 is 1.27 bits per heavy atom. The molecule has 2 aliphatic heterocycles. The first-order valence-electron chi connectivity index (χ1n) is 10.7. The second kappa shape index (κ2) is 8.04. The third-order valence-electron chi connectivity index (χ3n) is 7.06. The Morgan fingerprint density at radius 2 is 1.93 bits per heavy atom. The van der Waals surface area contributed by atoms with Gasteiger partial charge in [0.25, 0.3) is 0 Å². The number of esters is 2. The lowest BCUT2D eigenvalue weighted by atomic mass is 9.69. The minimum Gasteiger partial charge on any atom is -0.469 e. The molecule has 0 amide bonds. The number of ether oxygens (including phenoxy) is 4. The molecule has 0 aromatic heterocycles. The largest absolute Gasteiger partial charge is 0.469 e. The first kappa shape index (κ1) is 23.4. The maximum Gasteiger partial charge on any atom is 0.310 e. The molecule has 8 heteroatoms. The van der Waals surface area contributed by atoms with Crippen molar-refractivity contribution in [1.29, 1.82) is 0 Å². The van der Waals surface area contributed by atoms with Crippen molar-refractivity contribution in [3.05, 3.63) is 12.2 Å². The van der Waals surface area contributed by atoms with Gasteiger partial charge in [-0.15, -0.1) is 0 Å². The summed E-state index contributed by atoms with van der Waals surface area (Å²) in [5.74, 6) is -3.23. The number of cyclic esters (lactones) is 1. The van der Waals surface area contributed by atoms with E-state index in [1.807, 2.05) is 26.0 Å². The van der Waals surface area contributed by atoms with Crippen molar-refractivity contribution in [1.82, 2.24) is 0 Å². The quantitative estimate of drug-likeness (QED) is 0.369. The van der Waals surface area contributed by atoms with E-state index in [4.69, 9.17) is 23.4 Å². The van der Waals surface area contributed by atoms with E-state index in [0.717, 1.165) is 0 Å². The molecule has 0 unspecified atom stereocenters. The molecule has 0 spiro atoms. The SMILES string of the molecule is COC(=O)[C@H]1[C@@H]2C(=O)O[C@H]([C@H]3COC(C)(C)O3)[C@@H]2C=C[C@@H]1CO[Si](C)(C)C(C)(C)C. The van der Waals surface area contributed by atoms with Gasteiger partial charge in [0.1, 0.15) is 12.2 Å². The van der Waals surface area contributed by atoms with Gasteiger partial charge in [-0.3, -0.25) is 9.59 Å². The normalized spacial score (nSPS) is 35.8. The van der Waals surface area contributed by atoms with Crippen LogP contribution in [0.25, 0.3) is 0 Å². The highest BCUT2D eigenvalue weighted by atomic mass is 28.4. The summed E-state index contributed by atoms with van der Waals surface area (Å²) < 4.78 is 28.8. The molecule has 0 aromatic rings. The fourth-order valence-electron chi connectivity index (χ4n) is 4.26. The summed E-state index contributed by atoms with van der Waals surface area (Å²) in [4.78, 5) is 25.6. The maximum absolute atomic E-state index is 12.9. The Labute approximate surface area is 180 Å². The van der Waals surface area contributed by atoms with Crippen LogP contribution in [0.15, 0.2) is 12.2 Å². The predicted octanol–water partition coefficient (Wildman–Crippen LogP) is 3.29. The number of methoxy groups -OCH3 is 1. The van der Waals surface area contributed by atoms with Crippen LogP contribution < -0.4 is 0 Å². The summed E-state index contributed by atoms with van der Waals surface area (Å²) in [5.41, 5.74) is 0. The number of fused-ring (bicyclic) bond motifs is 1. The van der Waals surface area contributed by atoms with Crippen LogP contribution in [0.5, 0.6) is 0 Å². The maximum atomic E-state index is 12.9. The first-order chi connectivity index (χ1) is 13.8. The van der Waals surface area contributed by atoms with Crippen molar-refractivity contribution in [2.24, 2.45) is 23.7 Å². The zero-order valence-electron chi connectivity index (χ0n) is 19.4. The minimum atomic E-state index is -2.00. The zero-order valence-corrected chi connectivity index (χ0v) is 20.4. The van der Waals surface area contributed by atoms with Gasteiger partial charge >= 0.3 is 11.9 Å². The van der Waals surface area contributed by atoms with Gasteiger partial charge in [0, 0.05) is 18.4 Å². The van der Waals surface area contributed by atoms with E-state index < -0.39 is 38.0 Å². The third-order valence-corrected chi connectivity index (χ3v) is 11.6. The van der Waals surface area contributed by atoms with Crippen molar-refractivity contribution in [3.63, 3.8) is 0 Å². The monoisotopic (exact) mass is 440 g/mol. The topological polar surface area (TPSA) is 80.3 Å². The Balaban J connectivity index is 1.83. The van der Waals surface area contributed by atoms with Crippen molar-refractivity contribution in [2.45, 2.75) is 70.7 Å². The Morgan fingerprint density at radius 3 is 2.47 bits per heavy atom. The van der Waals surface area contributed by atoms with Gasteiger partial charge in [-0.1, -0.05) is 32.9 Å². The molecule has 0 radical (unpaired) electrons. The molecule has 30 heavy (non-hydrogen) atoms. The smallest absolute Gasteiger partial charge is 0.310 e. The van der Waals surface area contributed by atoms with Crippen LogP contribution >= 0.6 is 0 Å². The van der Waals surface area contributed by atoms with Crippen molar-refractivity contribution in [2.75, 3.05) is 20.3 Å². The summed E-state index contributed by atoms with van der Waals surface area (Å²) in [5, 5.41) is 0.0542. The van der Waals surface area contributed by atoms with Gasteiger partial charge in [-0.05, 0) is 32.0 Å². The van der Waals surface area contributed by atoms with E-state index in [2.05, 4.69) is 33.9 Å². The van der Waals surface area contributed by atoms with Gasteiger partial charge in [-0.25, -0.2) is 0 Å². The molecule has 0 aromatic carbocycles. The van der Waals surface area contributed by atoms with Gasteiger partial charge in [-0.2, -0.15) is 0 Å². The molecule has 3 aliphatic rings. The second-order valence-electron chi connectivity index (χ2n) is 10.5. The summed E-state index contributed by atoms with van der Waals surface area (Å²) in [6, 6.07) is 0. The van der Waals surface area contributed by atoms with Crippen molar-refractivity contribution < 1.29 is 33.0 Å². The van der Waals surface area contributed by atoms with Crippen molar-refractivity contribution >= 4 is 20.3 Å². The van der Waals surface area contributed by atoms with Gasteiger partial charge in [0.2, 0.25) is 0 Å². The Hall–Kier alpha value is -1.22. The molecule has 6 atom stereocenters. The predicted molar refractivity (Wildman–Crippen MR) is 113 cm³/mol. The first-order valence-corrected chi connectivity index (χ1v) is 13.6. The standard InChI is InChI=1S/C22H36O7Si/c1-21(2,3)30(7,8)27-11-13-9-10-14-17(16(13)19(23)25-6)20(24)28-18(14)15-12-26-22(4,5)29-15/h9-10,13-18H,11-12H2,1-8H3/t13-,14-,15-,16-,17-,18+/m1/s1. The number of carbonyl (C=O) groups excluding carboxylic acids is 2. The fourth-order valence-corrected chi connectivity index (χ4v) is 5.31. The molecule has 2 fully saturated rings. The van der Waals surface area contributed by atoms with Crippen LogP contribution in [-0.4, -0.2) is 58.6 Å². The molecule has 3 rings (SSSR count). The number of rotatable bonds is 5. The molecule has 0 bridgehead atoms. The molecular formula is C22H36O7Si. The van der Waals surface area contributed by atoms with Crippen LogP contribution in [-0.2, 0) is 33.0 Å². The van der Waals surface area contributed by atoms with Gasteiger partial charge in [0.15, 0.2) is 14.1 Å². The summed E-state index contributed by atoms with van der Waals surface area (Å²) in [6.07, 6.45) is 3.15. The van der Waals surface area contributed by atoms with Gasteiger partial charge < -0.3 is 23.4 Å². The average Bonchev–Trinajstić information content (AvgIpc) is 3.17. The number of hydrogen-bond donors (Lipinski definition) is 0. The molecule has 2 saturated heterocycles. The number of carbonyl (C=O) groups is 2. The van der Waals surface area contributed by atoms with Crippen LogP contribution in [0.1, 0.15) is 34.6 Å². The molecular weight excluding hydrogens is 404 g/mol. The molecule has 0 saturated carbocycles. The minimum absolute atomic E-state index is 0.0542. The van der Waals surface area contributed by atoms with E-state index in [9.17, 15) is 9.59 Å². The lowest BCUT2D eigenvalue weighted by Gasteiger charge is -2.39. The van der Waals surface area contributed by atoms with E-state index in [1.54, 1.807) is 0 Å². The molecule has 1 aliphatic carbocycles. The molecule has 170 valence electrons. The lowest BCUT2D eigenvalue weighted by Crippen LogP contribution is -2.46. The zero-order chi connectivity index (χ0) is 22.5. The van der Waals surface area contributed by atoms with Crippen LogP contribution in [0.3, 0.4) is 0 Å². The summed E-state index contributed by atoms with van der Waals surface area (Å²) in [7, 11) is -0.647. The van der Waals surface area contributed by atoms with Crippen molar-refractivity contribution in [3.8, 4) is 0 Å². The highest BCUT2D eigenvalue weighted by molar-refractivity contribution is 6.74. The Bertz CT molecular complexity index is 709. The van der Waals surface area contributed by atoms with Crippen LogP contribution in [0, 0.1) is 23.7 Å². The highest BCUT2D eigenvalue weighted by Gasteiger charge is 2.57. The fraction of sp³-hybridized carbons (Fsp3) is 0.818. The average molecular weight is 441 g/mol. The van der Waals surface area contributed by atoms with E-state index in [1.165, 1.54) is 7.11 Å². The van der Waals surface area contributed by atoms with E-state index >= 15 is 0 Å². The number of hydrogen-bond acceptors (Lipinski definition) is 7. The highest BCUT2D eigenvalue weighted by Crippen LogP contribution is 2.46. The second-order valence-corrected chi connectivity index (χ2v) is 15.4. The summed E-state index contributed by atoms with van der Waals surface area (Å²) >= 11 is 0. The Kier molecular flexibility index (Phi) is 6.28. The molecule has 7 nitrogen and oxygen atoms in total. The molecule has 2 heterocycles. The third kappa shape index (κ3) is 4.37.